The maximum absolute atomic E-state index is 13.5. The number of aliphatic hydroxyl groups is 1. The maximum atomic E-state index is 13.5. The fourth-order valence-corrected chi connectivity index (χ4v) is 3.59. The van der Waals surface area contributed by atoms with Crippen LogP contribution >= 0.6 is 0 Å². The Balaban J connectivity index is 1.87. The van der Waals surface area contributed by atoms with Crippen LogP contribution in [0.25, 0.3) is 0 Å². The van der Waals surface area contributed by atoms with Gasteiger partial charge in [0.05, 0.1) is 37.0 Å². The Hall–Kier alpha value is -2.92. The Morgan fingerprint density at radius 2 is 1.62 bits per heavy atom. The van der Waals surface area contributed by atoms with Gasteiger partial charge in [-0.3, -0.25) is 0 Å². The van der Waals surface area contributed by atoms with Crippen LogP contribution < -0.4 is 14.4 Å². The van der Waals surface area contributed by atoms with Crippen LogP contribution in [0.5, 0.6) is 11.5 Å². The first kappa shape index (κ1) is 20.8. The summed E-state index contributed by atoms with van der Waals surface area (Å²) in [6.45, 7) is 0.454. The number of rotatable bonds is 4. The number of hydrogen-bond acceptors (Lipinski definition) is 5. The van der Waals surface area contributed by atoms with Gasteiger partial charge in [-0.15, -0.1) is 0 Å². The van der Waals surface area contributed by atoms with Crippen LogP contribution in [-0.2, 0) is 11.8 Å². The Morgan fingerprint density at radius 3 is 2.10 bits per heavy atom. The van der Waals surface area contributed by atoms with Crippen molar-refractivity contribution < 1.29 is 27.8 Å². The first-order valence-corrected chi connectivity index (χ1v) is 9.02. The zero-order chi connectivity index (χ0) is 21.2. The van der Waals surface area contributed by atoms with Crippen molar-refractivity contribution in [3.63, 3.8) is 0 Å². The number of piperidine rings is 1. The van der Waals surface area contributed by atoms with E-state index >= 15 is 0 Å². The second kappa shape index (κ2) is 7.84. The van der Waals surface area contributed by atoms with Crippen molar-refractivity contribution in [2.75, 3.05) is 32.2 Å². The second-order valence-corrected chi connectivity index (χ2v) is 6.96. The SMILES string of the molecule is COc1cc(OC)cc(C2(O)CCN(c3ccc(C#N)cc3C(F)(F)F)CC2)c1. The Bertz CT molecular complexity index is 907. The van der Waals surface area contributed by atoms with E-state index in [-0.39, 0.29) is 37.2 Å². The predicted molar refractivity (Wildman–Crippen MR) is 101 cm³/mol. The average Bonchev–Trinajstić information content (AvgIpc) is 2.72. The molecule has 2 aromatic carbocycles. The number of halogens is 3. The molecule has 0 saturated carbocycles. The Morgan fingerprint density at radius 1 is 1.03 bits per heavy atom. The maximum Gasteiger partial charge on any atom is 0.418 e. The highest BCUT2D eigenvalue weighted by Crippen LogP contribution is 2.41. The van der Waals surface area contributed by atoms with Crippen molar-refractivity contribution in [2.24, 2.45) is 0 Å². The third kappa shape index (κ3) is 4.25. The Kier molecular flexibility index (Phi) is 5.62. The van der Waals surface area contributed by atoms with Crippen LogP contribution in [0.4, 0.5) is 18.9 Å². The third-order valence-corrected chi connectivity index (χ3v) is 5.25. The second-order valence-electron chi connectivity index (χ2n) is 6.96. The third-order valence-electron chi connectivity index (χ3n) is 5.25. The highest BCUT2D eigenvalue weighted by Gasteiger charge is 2.39. The van der Waals surface area contributed by atoms with Gasteiger partial charge in [-0.2, -0.15) is 18.4 Å². The van der Waals surface area contributed by atoms with Gasteiger partial charge in [0.25, 0.3) is 0 Å². The zero-order valence-electron chi connectivity index (χ0n) is 16.1. The van der Waals surface area contributed by atoms with Crippen molar-refractivity contribution in [1.29, 1.82) is 5.26 Å². The Labute approximate surface area is 166 Å². The monoisotopic (exact) mass is 406 g/mol. The fraction of sp³-hybridized carbons (Fsp3) is 0.381. The summed E-state index contributed by atoms with van der Waals surface area (Å²) in [7, 11) is 3.02. The highest BCUT2D eigenvalue weighted by molar-refractivity contribution is 5.58. The van der Waals surface area contributed by atoms with E-state index in [1.807, 2.05) is 0 Å². The summed E-state index contributed by atoms with van der Waals surface area (Å²) in [5, 5.41) is 20.1. The van der Waals surface area contributed by atoms with Gasteiger partial charge in [0.2, 0.25) is 0 Å². The molecule has 0 amide bonds. The number of ether oxygens (including phenoxy) is 2. The lowest BCUT2D eigenvalue weighted by molar-refractivity contribution is -0.137. The number of methoxy groups -OCH3 is 2. The summed E-state index contributed by atoms with van der Waals surface area (Å²) in [6.07, 6.45) is -4.10. The molecule has 1 heterocycles. The lowest BCUT2D eigenvalue weighted by Gasteiger charge is -2.40. The van der Waals surface area contributed by atoms with Crippen LogP contribution in [0.2, 0.25) is 0 Å². The van der Waals surface area contributed by atoms with Gasteiger partial charge < -0.3 is 19.5 Å². The van der Waals surface area contributed by atoms with Crippen LogP contribution in [0.15, 0.2) is 36.4 Å². The van der Waals surface area contributed by atoms with Crippen molar-refractivity contribution in [2.45, 2.75) is 24.6 Å². The molecule has 29 heavy (non-hydrogen) atoms. The smallest absolute Gasteiger partial charge is 0.418 e. The molecule has 0 radical (unpaired) electrons. The quantitative estimate of drug-likeness (QED) is 0.829. The molecule has 0 aliphatic carbocycles. The molecule has 1 saturated heterocycles. The van der Waals surface area contributed by atoms with Gasteiger partial charge in [-0.25, -0.2) is 0 Å². The molecular formula is C21H21F3N2O3. The number of anilines is 1. The first-order chi connectivity index (χ1) is 13.7. The van der Waals surface area contributed by atoms with Gasteiger partial charge in [-0.05, 0) is 48.7 Å². The number of nitrogens with zero attached hydrogens (tertiary/aromatic N) is 2. The van der Waals surface area contributed by atoms with Crippen molar-refractivity contribution in [1.82, 2.24) is 0 Å². The average molecular weight is 406 g/mol. The molecule has 1 aliphatic rings. The molecule has 154 valence electrons. The number of alkyl halides is 3. The lowest BCUT2D eigenvalue weighted by atomic mass is 9.84. The molecule has 1 aliphatic heterocycles. The number of nitriles is 1. The molecule has 1 N–H and O–H groups in total. The fourth-order valence-electron chi connectivity index (χ4n) is 3.59. The van der Waals surface area contributed by atoms with Crippen LogP contribution in [0, 0.1) is 11.3 Å². The molecule has 0 atom stereocenters. The van der Waals surface area contributed by atoms with E-state index in [9.17, 15) is 18.3 Å². The van der Waals surface area contributed by atoms with E-state index in [4.69, 9.17) is 14.7 Å². The predicted octanol–water partition coefficient (Wildman–Crippen LogP) is 4.08. The van der Waals surface area contributed by atoms with E-state index in [0.29, 0.717) is 17.1 Å². The minimum Gasteiger partial charge on any atom is -0.497 e. The normalized spacial score (nSPS) is 16.2. The van der Waals surface area contributed by atoms with Crippen LogP contribution in [-0.4, -0.2) is 32.4 Å². The van der Waals surface area contributed by atoms with Gasteiger partial charge in [0, 0.05) is 24.8 Å². The zero-order valence-corrected chi connectivity index (χ0v) is 16.1. The van der Waals surface area contributed by atoms with E-state index in [2.05, 4.69) is 0 Å². The molecular weight excluding hydrogens is 385 g/mol. The summed E-state index contributed by atoms with van der Waals surface area (Å²) in [4.78, 5) is 1.59. The first-order valence-electron chi connectivity index (χ1n) is 9.02. The molecule has 2 aromatic rings. The van der Waals surface area contributed by atoms with Crippen LogP contribution in [0.1, 0.15) is 29.5 Å². The minimum absolute atomic E-state index is 0.0155. The lowest BCUT2D eigenvalue weighted by Crippen LogP contribution is -2.43. The largest absolute Gasteiger partial charge is 0.497 e. The molecule has 0 aromatic heterocycles. The van der Waals surface area contributed by atoms with Gasteiger partial charge in [0.15, 0.2) is 0 Å². The topological polar surface area (TPSA) is 65.7 Å². The molecule has 0 unspecified atom stereocenters. The van der Waals surface area contributed by atoms with Crippen LogP contribution in [0.3, 0.4) is 0 Å². The van der Waals surface area contributed by atoms with E-state index < -0.39 is 17.3 Å². The number of hydrogen-bond donors (Lipinski definition) is 1. The summed E-state index contributed by atoms with van der Waals surface area (Å²) < 4.78 is 51.0. The summed E-state index contributed by atoms with van der Waals surface area (Å²) in [6, 6.07) is 10.4. The molecule has 3 rings (SSSR count). The highest BCUT2D eigenvalue weighted by atomic mass is 19.4. The molecule has 5 nitrogen and oxygen atoms in total. The summed E-state index contributed by atoms with van der Waals surface area (Å²) >= 11 is 0. The van der Waals surface area contributed by atoms with Gasteiger partial charge in [-0.1, -0.05) is 0 Å². The number of benzene rings is 2. The molecule has 8 heteroatoms. The van der Waals surface area contributed by atoms with E-state index in [1.165, 1.54) is 26.4 Å². The molecule has 0 bridgehead atoms. The van der Waals surface area contributed by atoms with Crippen molar-refractivity contribution >= 4 is 5.69 Å². The van der Waals surface area contributed by atoms with Gasteiger partial charge in [0.1, 0.15) is 11.5 Å². The van der Waals surface area contributed by atoms with Crippen molar-refractivity contribution in [3.05, 3.63) is 53.1 Å². The van der Waals surface area contributed by atoms with Gasteiger partial charge >= 0.3 is 6.18 Å². The summed E-state index contributed by atoms with van der Waals surface area (Å²) in [5.74, 6) is 1.06. The van der Waals surface area contributed by atoms with E-state index in [0.717, 1.165) is 6.07 Å². The standard InChI is InChI=1S/C21H21F3N2O3/c1-28-16-10-15(11-17(12-16)29-2)20(27)5-7-26(8-6-20)19-4-3-14(13-25)9-18(19)21(22,23)24/h3-4,9-12,27H,5-8H2,1-2H3. The minimum atomic E-state index is -4.57. The molecule has 1 fully saturated rings. The molecule has 0 spiro atoms. The van der Waals surface area contributed by atoms with E-state index in [1.54, 1.807) is 29.2 Å². The van der Waals surface area contributed by atoms with Crippen molar-refractivity contribution in [3.8, 4) is 17.6 Å². The summed E-state index contributed by atoms with van der Waals surface area (Å²) in [5.41, 5.74) is -1.47.